The van der Waals surface area contributed by atoms with Gasteiger partial charge in [0.05, 0.1) is 0 Å². The second kappa shape index (κ2) is 4.64. The molecule has 2 aromatic carbocycles. The lowest BCUT2D eigenvalue weighted by molar-refractivity contribution is 0.101. The molecule has 20 heavy (non-hydrogen) atoms. The van der Waals surface area contributed by atoms with Gasteiger partial charge in [-0.25, -0.2) is 0 Å². The first-order valence-corrected chi connectivity index (χ1v) is 6.53. The van der Waals surface area contributed by atoms with Gasteiger partial charge in [0, 0.05) is 22.1 Å². The molecule has 0 saturated carbocycles. The van der Waals surface area contributed by atoms with E-state index in [1.54, 1.807) is 6.92 Å². The first-order chi connectivity index (χ1) is 9.58. The monoisotopic (exact) mass is 263 g/mol. The molecule has 0 fully saturated rings. The van der Waals surface area contributed by atoms with E-state index >= 15 is 0 Å². The zero-order valence-electron chi connectivity index (χ0n) is 11.6. The molecular formula is C18H15O2. The van der Waals surface area contributed by atoms with Gasteiger partial charge in [-0.1, -0.05) is 30.3 Å². The molecule has 0 spiro atoms. The maximum atomic E-state index is 11.4. The second-order valence-electron chi connectivity index (χ2n) is 4.99. The summed E-state index contributed by atoms with van der Waals surface area (Å²) >= 11 is 0. The van der Waals surface area contributed by atoms with Crippen LogP contribution in [0.3, 0.4) is 0 Å². The summed E-state index contributed by atoms with van der Waals surface area (Å²) in [6.07, 6.45) is 0. The largest absolute Gasteiger partial charge is 0.456 e. The van der Waals surface area contributed by atoms with Crippen LogP contribution in [0.25, 0.3) is 22.3 Å². The van der Waals surface area contributed by atoms with Gasteiger partial charge in [0.15, 0.2) is 5.78 Å². The summed E-state index contributed by atoms with van der Waals surface area (Å²) in [7, 11) is 0. The van der Waals surface area contributed by atoms with Crippen molar-refractivity contribution in [2.45, 2.75) is 13.8 Å². The molecule has 99 valence electrons. The molecule has 1 aromatic heterocycles. The maximum absolute atomic E-state index is 11.4. The van der Waals surface area contributed by atoms with Crippen LogP contribution in [0.4, 0.5) is 0 Å². The molecular weight excluding hydrogens is 248 g/mol. The van der Waals surface area contributed by atoms with Gasteiger partial charge in [-0.15, -0.1) is 0 Å². The average Bonchev–Trinajstić information content (AvgIpc) is 2.76. The van der Waals surface area contributed by atoms with Gasteiger partial charge in [0.1, 0.15) is 11.3 Å². The standard InChI is InChI=1S/C18H15O2/c1-11-10-14(13(3)19)8-9-15(11)18-12(2)16-6-4-5-7-17(16)20-18/h4-10H,2H2,1,3H3. The van der Waals surface area contributed by atoms with Crippen LogP contribution in [0, 0.1) is 13.8 Å². The van der Waals surface area contributed by atoms with Gasteiger partial charge in [-0.3, -0.25) is 4.79 Å². The lowest BCUT2D eigenvalue weighted by Crippen LogP contribution is -1.93. The van der Waals surface area contributed by atoms with Crippen LogP contribution >= 0.6 is 0 Å². The van der Waals surface area contributed by atoms with Crippen molar-refractivity contribution in [1.82, 2.24) is 0 Å². The summed E-state index contributed by atoms with van der Waals surface area (Å²) in [4.78, 5) is 11.4. The molecule has 2 heteroatoms. The molecule has 1 radical (unpaired) electrons. The Morgan fingerprint density at radius 3 is 2.55 bits per heavy atom. The molecule has 0 bridgehead atoms. The predicted molar refractivity (Wildman–Crippen MR) is 80.9 cm³/mol. The van der Waals surface area contributed by atoms with Crippen LogP contribution in [0.15, 0.2) is 46.9 Å². The summed E-state index contributed by atoms with van der Waals surface area (Å²) in [6, 6.07) is 13.5. The Hall–Kier alpha value is -2.35. The van der Waals surface area contributed by atoms with E-state index in [0.717, 1.165) is 33.4 Å². The molecule has 2 nitrogen and oxygen atoms in total. The number of carbonyl (C=O) groups excluding carboxylic acids is 1. The Morgan fingerprint density at radius 2 is 1.90 bits per heavy atom. The Kier molecular flexibility index (Phi) is 2.94. The van der Waals surface area contributed by atoms with Crippen molar-refractivity contribution in [3.05, 3.63) is 66.1 Å². The van der Waals surface area contributed by atoms with Crippen molar-refractivity contribution >= 4 is 16.8 Å². The van der Waals surface area contributed by atoms with E-state index in [2.05, 4.69) is 6.92 Å². The van der Waals surface area contributed by atoms with Crippen molar-refractivity contribution < 1.29 is 9.21 Å². The smallest absolute Gasteiger partial charge is 0.159 e. The van der Waals surface area contributed by atoms with Crippen LogP contribution < -0.4 is 0 Å². The Bertz CT molecular complexity index is 809. The van der Waals surface area contributed by atoms with E-state index in [1.165, 1.54) is 0 Å². The minimum absolute atomic E-state index is 0.0686. The number of Topliss-reactive ketones (excluding diaryl/α,β-unsaturated/α-hetero) is 1. The third-order valence-corrected chi connectivity index (χ3v) is 3.58. The quantitative estimate of drug-likeness (QED) is 0.622. The third kappa shape index (κ3) is 1.94. The van der Waals surface area contributed by atoms with Crippen molar-refractivity contribution in [3.63, 3.8) is 0 Å². The van der Waals surface area contributed by atoms with Gasteiger partial charge in [-0.05, 0) is 38.5 Å². The number of hydrogen-bond acceptors (Lipinski definition) is 2. The van der Waals surface area contributed by atoms with Crippen LogP contribution in [0.5, 0.6) is 0 Å². The van der Waals surface area contributed by atoms with Crippen molar-refractivity contribution in [3.8, 4) is 11.3 Å². The predicted octanol–water partition coefficient (Wildman–Crippen LogP) is 4.79. The van der Waals surface area contributed by atoms with Crippen molar-refractivity contribution in [2.75, 3.05) is 0 Å². The highest BCUT2D eigenvalue weighted by atomic mass is 16.3. The zero-order valence-corrected chi connectivity index (χ0v) is 11.6. The van der Waals surface area contributed by atoms with Crippen molar-refractivity contribution in [2.24, 2.45) is 0 Å². The second-order valence-corrected chi connectivity index (χ2v) is 4.99. The number of fused-ring (bicyclic) bond motifs is 1. The third-order valence-electron chi connectivity index (χ3n) is 3.58. The normalized spacial score (nSPS) is 10.9. The van der Waals surface area contributed by atoms with E-state index in [-0.39, 0.29) is 5.78 Å². The fourth-order valence-corrected chi connectivity index (χ4v) is 2.45. The molecule has 0 amide bonds. The number of para-hydroxylation sites is 1. The molecule has 0 N–H and O–H groups in total. The van der Waals surface area contributed by atoms with Crippen molar-refractivity contribution in [1.29, 1.82) is 0 Å². The van der Waals surface area contributed by atoms with E-state index in [1.807, 2.05) is 49.4 Å². The van der Waals surface area contributed by atoms with E-state index in [9.17, 15) is 4.79 Å². The Morgan fingerprint density at radius 1 is 1.15 bits per heavy atom. The number of ketones is 1. The van der Waals surface area contributed by atoms with Gasteiger partial charge in [0.25, 0.3) is 0 Å². The summed E-state index contributed by atoms with van der Waals surface area (Å²) in [5.74, 6) is 0.845. The van der Waals surface area contributed by atoms with Crippen LogP contribution in [0.2, 0.25) is 0 Å². The highest BCUT2D eigenvalue weighted by Crippen LogP contribution is 2.34. The van der Waals surface area contributed by atoms with Gasteiger partial charge in [0.2, 0.25) is 0 Å². The van der Waals surface area contributed by atoms with E-state index in [4.69, 9.17) is 4.42 Å². The molecule has 0 aliphatic carbocycles. The molecule has 0 atom stereocenters. The summed E-state index contributed by atoms with van der Waals surface area (Å²) in [6.45, 7) is 7.68. The van der Waals surface area contributed by atoms with E-state index in [0.29, 0.717) is 5.56 Å². The van der Waals surface area contributed by atoms with Gasteiger partial charge >= 0.3 is 0 Å². The Labute approximate surface area is 118 Å². The minimum atomic E-state index is 0.0686. The zero-order chi connectivity index (χ0) is 14.3. The van der Waals surface area contributed by atoms with Crippen LogP contribution in [-0.2, 0) is 0 Å². The van der Waals surface area contributed by atoms with Gasteiger partial charge in [-0.2, -0.15) is 0 Å². The number of benzene rings is 2. The molecule has 0 unspecified atom stereocenters. The number of furan rings is 1. The maximum Gasteiger partial charge on any atom is 0.159 e. The number of rotatable bonds is 2. The summed E-state index contributed by atoms with van der Waals surface area (Å²) in [5.41, 5.74) is 4.44. The minimum Gasteiger partial charge on any atom is -0.456 e. The number of carbonyl (C=O) groups is 1. The number of hydrogen-bond donors (Lipinski definition) is 0. The summed E-state index contributed by atoms with van der Waals surface area (Å²) < 4.78 is 5.92. The molecule has 3 rings (SSSR count). The average molecular weight is 263 g/mol. The molecule has 0 aliphatic heterocycles. The number of aryl methyl sites for hydroxylation is 1. The molecule has 1 heterocycles. The highest BCUT2D eigenvalue weighted by Gasteiger charge is 2.14. The molecule has 0 aliphatic rings. The highest BCUT2D eigenvalue weighted by molar-refractivity contribution is 5.95. The first kappa shape index (κ1) is 12.7. The summed E-state index contributed by atoms with van der Waals surface area (Å²) in [5, 5.41) is 1.03. The van der Waals surface area contributed by atoms with Crippen LogP contribution in [-0.4, -0.2) is 5.78 Å². The topological polar surface area (TPSA) is 30.2 Å². The Balaban J connectivity index is 2.20. The molecule has 3 aromatic rings. The SMILES string of the molecule is [CH2]c1c(-c2ccc(C(C)=O)cc2C)oc2ccccc12. The fraction of sp³-hybridized carbons (Fsp3) is 0.111. The molecule has 0 saturated heterocycles. The van der Waals surface area contributed by atoms with E-state index < -0.39 is 0 Å². The lowest BCUT2D eigenvalue weighted by Gasteiger charge is -2.05. The fourth-order valence-electron chi connectivity index (χ4n) is 2.45. The first-order valence-electron chi connectivity index (χ1n) is 6.53. The van der Waals surface area contributed by atoms with Crippen LogP contribution in [0.1, 0.15) is 28.4 Å². The van der Waals surface area contributed by atoms with Gasteiger partial charge < -0.3 is 4.42 Å². The lowest BCUT2D eigenvalue weighted by atomic mass is 9.99.